The average molecular weight is 260 g/mol. The van der Waals surface area contributed by atoms with E-state index in [1.54, 1.807) is 27.8 Å². The smallest absolute Gasteiger partial charge is 0.407 e. The van der Waals surface area contributed by atoms with E-state index in [1.165, 1.54) is 12.2 Å². The van der Waals surface area contributed by atoms with Gasteiger partial charge in [-0.3, -0.25) is 9.63 Å². The summed E-state index contributed by atoms with van der Waals surface area (Å²) >= 11 is 0. The van der Waals surface area contributed by atoms with Gasteiger partial charge in [0.15, 0.2) is 0 Å². The Kier molecular flexibility index (Phi) is 6.68. The average Bonchev–Trinajstić information content (AvgIpc) is 2.21. The molecule has 6 heteroatoms. The molecule has 0 saturated heterocycles. The summed E-state index contributed by atoms with van der Waals surface area (Å²) in [6.45, 7) is 7.22. The second-order valence-electron chi connectivity index (χ2n) is 5.16. The topological polar surface area (TPSA) is 67.9 Å². The lowest BCUT2D eigenvalue weighted by atomic mass is 10.2. The van der Waals surface area contributed by atoms with Crippen molar-refractivity contribution in [1.29, 1.82) is 0 Å². The molecule has 18 heavy (non-hydrogen) atoms. The highest BCUT2D eigenvalue weighted by molar-refractivity contribution is 5.75. The van der Waals surface area contributed by atoms with Crippen LogP contribution in [0.1, 0.15) is 40.5 Å². The highest BCUT2D eigenvalue weighted by atomic mass is 16.7. The van der Waals surface area contributed by atoms with Crippen molar-refractivity contribution in [3.05, 3.63) is 0 Å². The Hall–Kier alpha value is -1.30. The molecule has 6 nitrogen and oxygen atoms in total. The predicted molar refractivity (Wildman–Crippen MR) is 67.8 cm³/mol. The number of ether oxygens (including phenoxy) is 1. The van der Waals surface area contributed by atoms with Crippen molar-refractivity contribution in [3.63, 3.8) is 0 Å². The number of hydroxylamine groups is 2. The number of nitrogens with zero attached hydrogens (tertiary/aromatic N) is 1. The Balaban J connectivity index is 3.94. The maximum atomic E-state index is 11.5. The number of hydrogen-bond acceptors (Lipinski definition) is 4. The summed E-state index contributed by atoms with van der Waals surface area (Å²) in [5, 5.41) is 3.84. The van der Waals surface area contributed by atoms with Gasteiger partial charge in [0.1, 0.15) is 5.60 Å². The quantitative estimate of drug-likeness (QED) is 0.764. The molecule has 0 saturated carbocycles. The van der Waals surface area contributed by atoms with Crippen molar-refractivity contribution in [2.75, 3.05) is 14.2 Å². The van der Waals surface area contributed by atoms with Crippen LogP contribution in [0.5, 0.6) is 0 Å². The number of amides is 2. The zero-order valence-electron chi connectivity index (χ0n) is 12.1. The van der Waals surface area contributed by atoms with Gasteiger partial charge in [0, 0.05) is 19.5 Å². The largest absolute Gasteiger partial charge is 0.444 e. The van der Waals surface area contributed by atoms with Gasteiger partial charge in [-0.1, -0.05) is 0 Å². The lowest BCUT2D eigenvalue weighted by molar-refractivity contribution is -0.168. The molecule has 0 bridgehead atoms. The maximum absolute atomic E-state index is 11.5. The zero-order valence-corrected chi connectivity index (χ0v) is 12.1. The number of rotatable bonds is 5. The van der Waals surface area contributed by atoms with E-state index in [0.717, 1.165) is 0 Å². The summed E-state index contributed by atoms with van der Waals surface area (Å²) < 4.78 is 5.11. The Bertz CT molecular complexity index is 286. The molecule has 0 aromatic heterocycles. The molecule has 0 fully saturated rings. The number of alkyl carbamates (subject to hydrolysis) is 1. The second kappa shape index (κ2) is 7.20. The third kappa shape index (κ3) is 7.89. The fraction of sp³-hybridized carbons (Fsp3) is 0.833. The normalized spacial score (nSPS) is 12.8. The van der Waals surface area contributed by atoms with Crippen LogP contribution in [-0.4, -0.2) is 42.9 Å². The Labute approximate surface area is 109 Å². The van der Waals surface area contributed by atoms with Gasteiger partial charge in [0.05, 0.1) is 7.11 Å². The molecule has 106 valence electrons. The molecule has 0 spiro atoms. The number of hydrogen-bond donors (Lipinski definition) is 1. The standard InChI is InChI=1S/C12H24N2O4/c1-9(7-8-10(15)14(5)17-6)13-11(16)18-12(2,3)4/h9H,7-8H2,1-6H3,(H,13,16)/t9-/m0/s1. The minimum atomic E-state index is -0.518. The van der Waals surface area contributed by atoms with E-state index in [2.05, 4.69) is 5.32 Å². The third-order valence-corrected chi connectivity index (χ3v) is 2.18. The monoisotopic (exact) mass is 260 g/mol. The first kappa shape index (κ1) is 16.7. The summed E-state index contributed by atoms with van der Waals surface area (Å²) in [7, 11) is 2.98. The third-order valence-electron chi connectivity index (χ3n) is 2.18. The maximum Gasteiger partial charge on any atom is 0.407 e. The number of carbonyl (C=O) groups excluding carboxylic acids is 2. The Morgan fingerprint density at radius 3 is 2.33 bits per heavy atom. The fourth-order valence-electron chi connectivity index (χ4n) is 1.18. The highest BCUT2D eigenvalue weighted by Crippen LogP contribution is 2.07. The summed E-state index contributed by atoms with van der Waals surface area (Å²) in [4.78, 5) is 27.7. The molecular weight excluding hydrogens is 236 g/mol. The van der Waals surface area contributed by atoms with Crippen LogP contribution in [0.2, 0.25) is 0 Å². The first-order chi connectivity index (χ1) is 8.15. The second-order valence-corrected chi connectivity index (χ2v) is 5.16. The first-order valence-corrected chi connectivity index (χ1v) is 5.96. The van der Waals surface area contributed by atoms with Gasteiger partial charge in [0.25, 0.3) is 0 Å². The molecule has 1 atom stereocenters. The molecular formula is C12H24N2O4. The highest BCUT2D eigenvalue weighted by Gasteiger charge is 2.18. The molecule has 2 amide bonds. The molecule has 0 rings (SSSR count). The molecule has 1 N–H and O–H groups in total. The van der Waals surface area contributed by atoms with E-state index < -0.39 is 11.7 Å². The van der Waals surface area contributed by atoms with E-state index >= 15 is 0 Å². The molecule has 0 unspecified atom stereocenters. The lowest BCUT2D eigenvalue weighted by Crippen LogP contribution is -2.38. The van der Waals surface area contributed by atoms with E-state index in [9.17, 15) is 9.59 Å². The van der Waals surface area contributed by atoms with Crippen LogP contribution in [0.3, 0.4) is 0 Å². The van der Waals surface area contributed by atoms with Gasteiger partial charge in [0.2, 0.25) is 5.91 Å². The van der Waals surface area contributed by atoms with Crippen LogP contribution in [0.25, 0.3) is 0 Å². The van der Waals surface area contributed by atoms with Crippen LogP contribution in [0.15, 0.2) is 0 Å². The van der Waals surface area contributed by atoms with Crippen LogP contribution in [-0.2, 0) is 14.4 Å². The van der Waals surface area contributed by atoms with Gasteiger partial charge in [-0.25, -0.2) is 9.86 Å². The van der Waals surface area contributed by atoms with Crippen LogP contribution in [0.4, 0.5) is 4.79 Å². The minimum Gasteiger partial charge on any atom is -0.444 e. The minimum absolute atomic E-state index is 0.129. The molecule has 0 radical (unpaired) electrons. The molecule has 0 aliphatic rings. The Morgan fingerprint density at radius 2 is 1.89 bits per heavy atom. The summed E-state index contributed by atoms with van der Waals surface area (Å²) in [6.07, 6.45) is 0.370. The van der Waals surface area contributed by atoms with E-state index in [-0.39, 0.29) is 11.9 Å². The fourth-order valence-corrected chi connectivity index (χ4v) is 1.18. The summed E-state index contributed by atoms with van der Waals surface area (Å²) in [5.41, 5.74) is -0.518. The summed E-state index contributed by atoms with van der Waals surface area (Å²) in [6, 6.07) is -0.131. The van der Waals surface area contributed by atoms with Gasteiger partial charge in [-0.2, -0.15) is 0 Å². The first-order valence-electron chi connectivity index (χ1n) is 5.96. The van der Waals surface area contributed by atoms with Crippen molar-refractivity contribution in [3.8, 4) is 0 Å². The molecule has 0 aliphatic heterocycles. The van der Waals surface area contributed by atoms with Gasteiger partial charge < -0.3 is 10.1 Å². The van der Waals surface area contributed by atoms with E-state index in [1.807, 2.05) is 6.92 Å². The van der Waals surface area contributed by atoms with Crippen LogP contribution < -0.4 is 5.32 Å². The van der Waals surface area contributed by atoms with E-state index in [4.69, 9.17) is 9.57 Å². The van der Waals surface area contributed by atoms with Crippen LogP contribution >= 0.6 is 0 Å². The zero-order chi connectivity index (χ0) is 14.3. The number of carbonyl (C=O) groups is 2. The Morgan fingerprint density at radius 1 is 1.33 bits per heavy atom. The van der Waals surface area contributed by atoms with Gasteiger partial charge in [-0.05, 0) is 34.1 Å². The van der Waals surface area contributed by atoms with E-state index in [0.29, 0.717) is 12.8 Å². The molecule has 0 aromatic carbocycles. The molecule has 0 aromatic rings. The van der Waals surface area contributed by atoms with Crippen molar-refractivity contribution in [2.24, 2.45) is 0 Å². The van der Waals surface area contributed by atoms with Crippen molar-refractivity contribution >= 4 is 12.0 Å². The lowest BCUT2D eigenvalue weighted by Gasteiger charge is -2.22. The van der Waals surface area contributed by atoms with Gasteiger partial charge in [-0.15, -0.1) is 0 Å². The number of nitrogens with one attached hydrogen (secondary N) is 1. The van der Waals surface area contributed by atoms with Crippen LogP contribution in [0, 0.1) is 0 Å². The molecule has 0 heterocycles. The van der Waals surface area contributed by atoms with Gasteiger partial charge >= 0.3 is 6.09 Å². The SMILES string of the molecule is CON(C)C(=O)CC[C@H](C)NC(=O)OC(C)(C)C. The summed E-state index contributed by atoms with van der Waals surface area (Å²) in [5.74, 6) is -0.129. The van der Waals surface area contributed by atoms with Crippen molar-refractivity contribution < 1.29 is 19.2 Å². The van der Waals surface area contributed by atoms with Crippen molar-refractivity contribution in [2.45, 2.75) is 52.2 Å². The molecule has 0 aliphatic carbocycles. The predicted octanol–water partition coefficient (Wildman–Crippen LogP) is 1.70. The van der Waals surface area contributed by atoms with Crippen molar-refractivity contribution in [1.82, 2.24) is 10.4 Å².